The summed E-state index contributed by atoms with van der Waals surface area (Å²) in [6, 6.07) is 7.46. The lowest BCUT2D eigenvalue weighted by molar-refractivity contribution is -0.122. The van der Waals surface area contributed by atoms with Crippen LogP contribution in [0, 0.1) is 0 Å². The number of nitrogens with zero attached hydrogens (tertiary/aromatic N) is 1. The zero-order chi connectivity index (χ0) is 15.9. The Bertz CT molecular complexity index is 522. The van der Waals surface area contributed by atoms with Crippen molar-refractivity contribution in [2.24, 2.45) is 0 Å². The fourth-order valence-corrected chi connectivity index (χ4v) is 2.75. The first-order chi connectivity index (χ1) is 10.7. The highest BCUT2D eigenvalue weighted by molar-refractivity contribution is 5.97. The van der Waals surface area contributed by atoms with Gasteiger partial charge in [-0.2, -0.15) is 0 Å². The van der Waals surface area contributed by atoms with E-state index in [9.17, 15) is 9.59 Å². The van der Waals surface area contributed by atoms with Crippen molar-refractivity contribution in [2.75, 3.05) is 20.2 Å². The molecule has 2 rings (SSSR count). The van der Waals surface area contributed by atoms with Crippen molar-refractivity contribution < 1.29 is 14.3 Å². The van der Waals surface area contributed by atoms with Gasteiger partial charge in [0.2, 0.25) is 5.91 Å². The minimum atomic E-state index is -0.00390. The Morgan fingerprint density at radius 1 is 1.27 bits per heavy atom. The summed E-state index contributed by atoms with van der Waals surface area (Å²) >= 11 is 0. The lowest BCUT2D eigenvalue weighted by Crippen LogP contribution is -2.46. The number of carbonyl (C=O) groups excluding carboxylic acids is 2. The van der Waals surface area contributed by atoms with E-state index in [1.54, 1.807) is 19.2 Å². The summed E-state index contributed by atoms with van der Waals surface area (Å²) in [5.74, 6) is 0.707. The van der Waals surface area contributed by atoms with E-state index in [0.717, 1.165) is 19.3 Å². The topological polar surface area (TPSA) is 58.6 Å². The number of carbonyl (C=O) groups is 2. The van der Waals surface area contributed by atoms with Gasteiger partial charge in [-0.3, -0.25) is 9.59 Å². The summed E-state index contributed by atoms with van der Waals surface area (Å²) in [5.41, 5.74) is 0.596. The van der Waals surface area contributed by atoms with Gasteiger partial charge in [0.1, 0.15) is 5.75 Å². The molecule has 1 aromatic carbocycles. The van der Waals surface area contributed by atoms with Gasteiger partial charge in [-0.05, 0) is 31.4 Å². The number of nitrogens with one attached hydrogen (secondary N) is 1. The average Bonchev–Trinajstić information content (AvgIpc) is 2.55. The van der Waals surface area contributed by atoms with Crippen molar-refractivity contribution in [2.45, 2.75) is 38.6 Å². The second-order valence-electron chi connectivity index (χ2n) is 5.58. The Labute approximate surface area is 131 Å². The van der Waals surface area contributed by atoms with Crippen LogP contribution >= 0.6 is 0 Å². The number of methoxy groups -OCH3 is 1. The van der Waals surface area contributed by atoms with Gasteiger partial charge < -0.3 is 15.0 Å². The predicted molar refractivity (Wildman–Crippen MR) is 85.0 cm³/mol. The van der Waals surface area contributed by atoms with E-state index in [1.807, 2.05) is 24.0 Å². The fourth-order valence-electron chi connectivity index (χ4n) is 2.75. The summed E-state index contributed by atoms with van der Waals surface area (Å²) < 4.78 is 5.25. The third kappa shape index (κ3) is 4.00. The highest BCUT2D eigenvalue weighted by atomic mass is 16.5. The van der Waals surface area contributed by atoms with Crippen molar-refractivity contribution >= 4 is 11.8 Å². The molecule has 1 aromatic rings. The van der Waals surface area contributed by atoms with Crippen LogP contribution in [-0.2, 0) is 4.79 Å². The van der Waals surface area contributed by atoms with Crippen molar-refractivity contribution in [1.82, 2.24) is 10.2 Å². The molecule has 2 amide bonds. The minimum Gasteiger partial charge on any atom is -0.496 e. The van der Waals surface area contributed by atoms with Crippen molar-refractivity contribution in [1.29, 1.82) is 0 Å². The zero-order valence-electron chi connectivity index (χ0n) is 13.3. The summed E-state index contributed by atoms with van der Waals surface area (Å²) in [6.45, 7) is 3.32. The standard InChI is InChI=1S/C17H24N2O3/c1-3-6-16(20)18-13-9-11-19(12-10-13)17(21)14-7-4-5-8-15(14)22-2/h4-5,7-8,13H,3,6,9-12H2,1-2H3,(H,18,20). The molecule has 0 saturated carbocycles. The number of para-hydroxylation sites is 1. The number of ether oxygens (including phenoxy) is 1. The van der Waals surface area contributed by atoms with Crippen LogP contribution in [0.3, 0.4) is 0 Å². The molecule has 1 aliphatic rings. The molecular weight excluding hydrogens is 280 g/mol. The molecule has 1 aliphatic heterocycles. The second kappa shape index (κ2) is 7.82. The van der Waals surface area contributed by atoms with Crippen LogP contribution < -0.4 is 10.1 Å². The number of likely N-dealkylation sites (tertiary alicyclic amines) is 1. The minimum absolute atomic E-state index is 0.00390. The van der Waals surface area contributed by atoms with E-state index in [0.29, 0.717) is 30.8 Å². The van der Waals surface area contributed by atoms with E-state index >= 15 is 0 Å². The molecule has 0 bridgehead atoms. The lowest BCUT2D eigenvalue weighted by Gasteiger charge is -2.32. The van der Waals surface area contributed by atoms with Gasteiger partial charge >= 0.3 is 0 Å². The third-order valence-electron chi connectivity index (χ3n) is 3.96. The van der Waals surface area contributed by atoms with Crippen LogP contribution in [0.4, 0.5) is 0 Å². The molecule has 0 spiro atoms. The highest BCUT2D eigenvalue weighted by Gasteiger charge is 2.25. The number of amides is 2. The first-order valence-electron chi connectivity index (χ1n) is 7.87. The quantitative estimate of drug-likeness (QED) is 0.907. The highest BCUT2D eigenvalue weighted by Crippen LogP contribution is 2.21. The van der Waals surface area contributed by atoms with Crippen LogP contribution in [0.2, 0.25) is 0 Å². The van der Waals surface area contributed by atoms with Gasteiger partial charge in [-0.1, -0.05) is 19.1 Å². The molecule has 0 aromatic heterocycles. The maximum atomic E-state index is 12.6. The summed E-state index contributed by atoms with van der Waals surface area (Å²) in [6.07, 6.45) is 3.03. The van der Waals surface area contributed by atoms with Crippen molar-refractivity contribution in [3.63, 3.8) is 0 Å². The maximum absolute atomic E-state index is 12.6. The summed E-state index contributed by atoms with van der Waals surface area (Å²) in [4.78, 5) is 26.0. The molecule has 120 valence electrons. The smallest absolute Gasteiger partial charge is 0.257 e. The maximum Gasteiger partial charge on any atom is 0.257 e. The Kier molecular flexibility index (Phi) is 5.81. The molecule has 5 heteroatoms. The van der Waals surface area contributed by atoms with Crippen LogP contribution in [-0.4, -0.2) is 43.0 Å². The molecule has 22 heavy (non-hydrogen) atoms. The summed E-state index contributed by atoms with van der Waals surface area (Å²) in [7, 11) is 1.57. The fraction of sp³-hybridized carbons (Fsp3) is 0.529. The molecule has 0 radical (unpaired) electrons. The monoisotopic (exact) mass is 304 g/mol. The molecule has 1 fully saturated rings. The van der Waals surface area contributed by atoms with Gasteiger partial charge in [0.15, 0.2) is 0 Å². The molecule has 0 aliphatic carbocycles. The molecule has 1 N–H and O–H groups in total. The largest absolute Gasteiger partial charge is 0.496 e. The van der Waals surface area contributed by atoms with E-state index in [-0.39, 0.29) is 17.9 Å². The number of hydrogen-bond donors (Lipinski definition) is 1. The van der Waals surface area contributed by atoms with Gasteiger partial charge in [0, 0.05) is 25.6 Å². The SMILES string of the molecule is CCCC(=O)NC1CCN(C(=O)c2ccccc2OC)CC1. The Balaban J connectivity index is 1.91. The molecule has 1 heterocycles. The summed E-state index contributed by atoms with van der Waals surface area (Å²) in [5, 5.41) is 3.04. The molecule has 0 unspecified atom stereocenters. The molecule has 5 nitrogen and oxygen atoms in total. The number of benzene rings is 1. The molecule has 0 atom stereocenters. The van der Waals surface area contributed by atoms with Crippen LogP contribution in [0.25, 0.3) is 0 Å². The first kappa shape index (κ1) is 16.3. The third-order valence-corrected chi connectivity index (χ3v) is 3.96. The zero-order valence-corrected chi connectivity index (χ0v) is 13.3. The van der Waals surface area contributed by atoms with Gasteiger partial charge in [-0.25, -0.2) is 0 Å². The van der Waals surface area contributed by atoms with E-state index in [4.69, 9.17) is 4.74 Å². The Morgan fingerprint density at radius 3 is 2.59 bits per heavy atom. The van der Waals surface area contributed by atoms with Gasteiger partial charge in [-0.15, -0.1) is 0 Å². The number of hydrogen-bond acceptors (Lipinski definition) is 3. The van der Waals surface area contributed by atoms with Crippen molar-refractivity contribution in [3.8, 4) is 5.75 Å². The van der Waals surface area contributed by atoms with E-state index in [1.165, 1.54) is 0 Å². The van der Waals surface area contributed by atoms with Crippen LogP contribution in [0.15, 0.2) is 24.3 Å². The molecular formula is C17H24N2O3. The van der Waals surface area contributed by atoms with E-state index in [2.05, 4.69) is 5.32 Å². The van der Waals surface area contributed by atoms with Gasteiger partial charge in [0.05, 0.1) is 12.7 Å². The lowest BCUT2D eigenvalue weighted by atomic mass is 10.0. The van der Waals surface area contributed by atoms with E-state index < -0.39 is 0 Å². The Morgan fingerprint density at radius 2 is 1.95 bits per heavy atom. The normalized spacial score (nSPS) is 15.5. The predicted octanol–water partition coefficient (Wildman–Crippen LogP) is 2.22. The van der Waals surface area contributed by atoms with Gasteiger partial charge in [0.25, 0.3) is 5.91 Å². The Hall–Kier alpha value is -2.04. The average molecular weight is 304 g/mol. The van der Waals surface area contributed by atoms with Crippen LogP contribution in [0.5, 0.6) is 5.75 Å². The number of piperidine rings is 1. The second-order valence-corrected chi connectivity index (χ2v) is 5.58. The first-order valence-corrected chi connectivity index (χ1v) is 7.87. The molecule has 1 saturated heterocycles. The van der Waals surface area contributed by atoms with Crippen LogP contribution in [0.1, 0.15) is 43.0 Å². The number of rotatable bonds is 5. The van der Waals surface area contributed by atoms with Crippen molar-refractivity contribution in [3.05, 3.63) is 29.8 Å².